The minimum atomic E-state index is -0.907. The van der Waals surface area contributed by atoms with Gasteiger partial charge in [-0.15, -0.1) is 11.8 Å². The Balaban J connectivity index is 1.45. The molecular formula is C29H27F2N3O5S. The van der Waals surface area contributed by atoms with Gasteiger partial charge in [-0.3, -0.25) is 9.59 Å². The molecule has 0 saturated carbocycles. The summed E-state index contributed by atoms with van der Waals surface area (Å²) in [7, 11) is 0. The molecule has 0 aliphatic rings. The Bertz CT molecular complexity index is 1490. The lowest BCUT2D eigenvalue weighted by atomic mass is 10.1. The molecule has 0 bridgehead atoms. The van der Waals surface area contributed by atoms with Crippen LogP contribution in [0.5, 0.6) is 5.75 Å². The molecule has 0 N–H and O–H groups in total. The van der Waals surface area contributed by atoms with Crippen LogP contribution in [-0.4, -0.2) is 46.3 Å². The summed E-state index contributed by atoms with van der Waals surface area (Å²) in [6.07, 6.45) is 1.80. The zero-order valence-corrected chi connectivity index (χ0v) is 23.0. The predicted molar refractivity (Wildman–Crippen MR) is 145 cm³/mol. The Morgan fingerprint density at radius 1 is 1.05 bits per heavy atom. The quantitative estimate of drug-likeness (QED) is 0.165. The fourth-order valence-corrected chi connectivity index (χ4v) is 4.54. The minimum absolute atomic E-state index is 0.0538. The number of carbonyl (C=O) groups is 2. The molecule has 0 spiro atoms. The highest BCUT2D eigenvalue weighted by molar-refractivity contribution is 7.98. The number of hydrogen-bond acceptors (Lipinski definition) is 8. The van der Waals surface area contributed by atoms with Crippen molar-refractivity contribution in [1.29, 1.82) is 0 Å². The Hall–Kier alpha value is -4.25. The Morgan fingerprint density at radius 3 is 2.48 bits per heavy atom. The lowest BCUT2D eigenvalue weighted by Gasteiger charge is -2.20. The molecule has 0 aliphatic carbocycles. The van der Waals surface area contributed by atoms with Crippen molar-refractivity contribution in [3.05, 3.63) is 95.1 Å². The van der Waals surface area contributed by atoms with E-state index in [-0.39, 0.29) is 32.2 Å². The number of carbonyl (C=O) groups excluding carboxylic acids is 2. The molecule has 40 heavy (non-hydrogen) atoms. The summed E-state index contributed by atoms with van der Waals surface area (Å²) in [6, 6.07) is 16.3. The number of amides is 1. The normalized spacial score (nSPS) is 10.8. The number of nitrogens with zero attached hydrogens (tertiary/aromatic N) is 3. The lowest BCUT2D eigenvalue weighted by Crippen LogP contribution is -2.36. The number of aromatic nitrogens is 2. The van der Waals surface area contributed by atoms with Crippen molar-refractivity contribution in [1.82, 2.24) is 15.0 Å². The van der Waals surface area contributed by atoms with E-state index in [4.69, 9.17) is 14.0 Å². The molecule has 4 aromatic rings. The van der Waals surface area contributed by atoms with E-state index in [0.29, 0.717) is 27.6 Å². The second-order valence-corrected chi connectivity index (χ2v) is 9.53. The Kier molecular flexibility index (Phi) is 9.49. The molecule has 8 nitrogen and oxygen atoms in total. The number of rotatable bonds is 11. The molecule has 208 valence electrons. The molecule has 0 fully saturated rings. The molecule has 11 heteroatoms. The van der Waals surface area contributed by atoms with Gasteiger partial charge in [-0.05, 0) is 73.2 Å². The van der Waals surface area contributed by atoms with Gasteiger partial charge in [-0.1, -0.05) is 29.4 Å². The van der Waals surface area contributed by atoms with Gasteiger partial charge < -0.3 is 18.9 Å². The highest BCUT2D eigenvalue weighted by Crippen LogP contribution is 2.33. The van der Waals surface area contributed by atoms with E-state index < -0.39 is 23.5 Å². The monoisotopic (exact) mass is 567 g/mol. The third-order valence-electron chi connectivity index (χ3n) is 5.80. The van der Waals surface area contributed by atoms with Gasteiger partial charge in [0.1, 0.15) is 25.4 Å². The molecule has 0 saturated heterocycles. The number of hydrogen-bond donors (Lipinski definition) is 0. The fraction of sp³-hybridized carbons (Fsp3) is 0.241. The van der Waals surface area contributed by atoms with Crippen LogP contribution >= 0.6 is 11.8 Å². The van der Waals surface area contributed by atoms with E-state index in [0.717, 1.165) is 11.1 Å². The van der Waals surface area contributed by atoms with E-state index in [9.17, 15) is 18.4 Å². The van der Waals surface area contributed by atoms with Crippen LogP contribution in [0.25, 0.3) is 11.1 Å². The van der Waals surface area contributed by atoms with E-state index in [1.807, 2.05) is 6.07 Å². The van der Waals surface area contributed by atoms with Crippen LogP contribution in [0.3, 0.4) is 0 Å². The van der Waals surface area contributed by atoms with E-state index in [2.05, 4.69) is 10.1 Å². The van der Waals surface area contributed by atoms with E-state index >= 15 is 0 Å². The van der Waals surface area contributed by atoms with Gasteiger partial charge in [0.25, 0.3) is 5.91 Å². The van der Waals surface area contributed by atoms with E-state index in [1.54, 1.807) is 62.6 Å². The lowest BCUT2D eigenvalue weighted by molar-refractivity contribution is -0.144. The summed E-state index contributed by atoms with van der Waals surface area (Å²) >= 11 is 1.33. The van der Waals surface area contributed by atoms with Crippen LogP contribution in [0, 0.1) is 18.6 Å². The van der Waals surface area contributed by atoms with Gasteiger partial charge >= 0.3 is 5.97 Å². The van der Waals surface area contributed by atoms with Crippen LogP contribution in [-0.2, 0) is 22.7 Å². The van der Waals surface area contributed by atoms with Crippen LogP contribution in [0.1, 0.15) is 34.6 Å². The third-order valence-corrected chi connectivity index (χ3v) is 6.57. The minimum Gasteiger partial charge on any atom is -0.489 e. The highest BCUT2D eigenvalue weighted by atomic mass is 32.2. The van der Waals surface area contributed by atoms with Crippen molar-refractivity contribution in [2.75, 3.05) is 19.4 Å². The maximum Gasteiger partial charge on any atom is 0.325 e. The van der Waals surface area contributed by atoms with Crippen molar-refractivity contribution in [3.8, 4) is 16.9 Å². The van der Waals surface area contributed by atoms with Gasteiger partial charge in [0.2, 0.25) is 5.89 Å². The van der Waals surface area contributed by atoms with Crippen molar-refractivity contribution < 1.29 is 32.4 Å². The molecule has 1 aromatic heterocycles. The van der Waals surface area contributed by atoms with Crippen molar-refractivity contribution in [3.63, 3.8) is 0 Å². The van der Waals surface area contributed by atoms with Gasteiger partial charge in [0.05, 0.1) is 6.61 Å². The molecule has 1 heterocycles. The maximum atomic E-state index is 13.8. The standard InChI is InChI=1S/C29H27F2N3O5S/c1-4-37-28(35)16-34(15-27-32-18(2)33-39-27)29(36)21-7-5-6-19(12-21)17-38-22-10-8-20(9-11-22)23-13-24(30)25(31)14-26(23)40-3/h5-14H,4,15-17H2,1-3H3. The first-order valence-corrected chi connectivity index (χ1v) is 13.6. The summed E-state index contributed by atoms with van der Waals surface area (Å²) in [6.45, 7) is 3.37. The first-order chi connectivity index (χ1) is 19.3. The fourth-order valence-electron chi connectivity index (χ4n) is 3.93. The van der Waals surface area contributed by atoms with Gasteiger partial charge in [0, 0.05) is 10.5 Å². The summed E-state index contributed by atoms with van der Waals surface area (Å²) in [5.41, 5.74) is 2.39. The maximum absolute atomic E-state index is 13.8. The number of aryl methyl sites for hydroxylation is 1. The second kappa shape index (κ2) is 13.2. The van der Waals surface area contributed by atoms with E-state index in [1.165, 1.54) is 28.8 Å². The summed E-state index contributed by atoms with van der Waals surface area (Å²) < 4.78 is 43.5. The predicted octanol–water partition coefficient (Wildman–Crippen LogP) is 5.83. The number of esters is 1. The van der Waals surface area contributed by atoms with Crippen molar-refractivity contribution in [2.45, 2.75) is 31.9 Å². The van der Waals surface area contributed by atoms with Crippen molar-refractivity contribution in [2.24, 2.45) is 0 Å². The number of halogens is 2. The average Bonchev–Trinajstić information content (AvgIpc) is 3.37. The van der Waals surface area contributed by atoms with Gasteiger partial charge in [-0.25, -0.2) is 8.78 Å². The van der Waals surface area contributed by atoms with Crippen LogP contribution in [0.4, 0.5) is 8.78 Å². The van der Waals surface area contributed by atoms with Gasteiger partial charge in [0.15, 0.2) is 17.5 Å². The van der Waals surface area contributed by atoms with Crippen LogP contribution in [0.2, 0.25) is 0 Å². The second-order valence-electron chi connectivity index (χ2n) is 8.68. The third kappa shape index (κ3) is 7.23. The smallest absolute Gasteiger partial charge is 0.325 e. The molecule has 0 atom stereocenters. The van der Waals surface area contributed by atoms with Crippen LogP contribution < -0.4 is 4.74 Å². The number of ether oxygens (including phenoxy) is 2. The first kappa shape index (κ1) is 28.8. The molecule has 1 amide bonds. The molecule has 0 radical (unpaired) electrons. The largest absolute Gasteiger partial charge is 0.489 e. The highest BCUT2D eigenvalue weighted by Gasteiger charge is 2.22. The summed E-state index contributed by atoms with van der Waals surface area (Å²) in [5, 5.41) is 3.73. The Morgan fingerprint density at radius 2 is 1.80 bits per heavy atom. The van der Waals surface area contributed by atoms with Crippen LogP contribution in [0.15, 0.2) is 70.1 Å². The molecule has 4 rings (SSSR count). The summed E-state index contributed by atoms with van der Waals surface area (Å²) in [5.74, 6) is -1.58. The first-order valence-electron chi connectivity index (χ1n) is 12.4. The SMILES string of the molecule is CCOC(=O)CN(Cc1nc(C)no1)C(=O)c1cccc(COc2ccc(-c3cc(F)c(F)cc3SC)cc2)c1. The molecule has 3 aromatic carbocycles. The zero-order valence-electron chi connectivity index (χ0n) is 22.1. The zero-order chi connectivity index (χ0) is 28.6. The Labute approximate surface area is 234 Å². The molecule has 0 unspecified atom stereocenters. The topological polar surface area (TPSA) is 94.8 Å². The molecule has 0 aliphatic heterocycles. The molecular weight excluding hydrogens is 540 g/mol. The number of thioether (sulfide) groups is 1. The van der Waals surface area contributed by atoms with Crippen molar-refractivity contribution >= 4 is 23.6 Å². The number of benzene rings is 3. The average molecular weight is 568 g/mol. The van der Waals surface area contributed by atoms with Gasteiger partial charge in [-0.2, -0.15) is 4.98 Å². The summed E-state index contributed by atoms with van der Waals surface area (Å²) in [4.78, 5) is 31.5.